The second kappa shape index (κ2) is 7.38. The molecule has 0 bridgehead atoms. The van der Waals surface area contributed by atoms with E-state index in [0.717, 1.165) is 0 Å². The molecule has 0 saturated heterocycles. The summed E-state index contributed by atoms with van der Waals surface area (Å²) in [5.74, 6) is -0.610. The van der Waals surface area contributed by atoms with Crippen LogP contribution in [0.15, 0.2) is 6.20 Å². The van der Waals surface area contributed by atoms with Crippen LogP contribution in [0.5, 0.6) is 0 Å². The molecule has 0 spiro atoms. The summed E-state index contributed by atoms with van der Waals surface area (Å²) in [5.41, 5.74) is 5.59. The minimum atomic E-state index is -0.317. The highest BCUT2D eigenvalue weighted by Crippen LogP contribution is 1.94. The van der Waals surface area contributed by atoms with Crippen molar-refractivity contribution in [3.8, 4) is 0 Å². The lowest BCUT2D eigenvalue weighted by molar-refractivity contribution is -0.140. The topological polar surface area (TPSA) is 112 Å². The molecule has 0 aliphatic carbocycles. The number of nitrogens with zero attached hydrogens (tertiary/aromatic N) is 3. The standard InChI is InChI=1S/C10H17N5O3/c1-18-9(16)3-2-5-12-10(17)8-7-15(6-4-11)14-13-8/h7H,2-6,11H2,1H3,(H,12,17). The van der Waals surface area contributed by atoms with Crippen LogP contribution in [-0.2, 0) is 16.1 Å². The number of carbonyl (C=O) groups is 2. The van der Waals surface area contributed by atoms with Crippen molar-refractivity contribution in [1.29, 1.82) is 0 Å². The first-order valence-electron chi connectivity index (χ1n) is 5.62. The van der Waals surface area contributed by atoms with Gasteiger partial charge in [-0.15, -0.1) is 5.10 Å². The Bertz CT molecular complexity index is 404. The zero-order chi connectivity index (χ0) is 13.4. The van der Waals surface area contributed by atoms with E-state index in [9.17, 15) is 9.59 Å². The Hall–Kier alpha value is -1.96. The lowest BCUT2D eigenvalue weighted by atomic mass is 10.3. The minimum Gasteiger partial charge on any atom is -0.469 e. The van der Waals surface area contributed by atoms with Crippen molar-refractivity contribution in [2.45, 2.75) is 19.4 Å². The monoisotopic (exact) mass is 255 g/mol. The van der Waals surface area contributed by atoms with Crippen LogP contribution in [0.2, 0.25) is 0 Å². The zero-order valence-electron chi connectivity index (χ0n) is 10.3. The average molecular weight is 255 g/mol. The molecule has 1 amide bonds. The molecule has 0 aliphatic heterocycles. The van der Waals surface area contributed by atoms with E-state index in [4.69, 9.17) is 5.73 Å². The van der Waals surface area contributed by atoms with Crippen molar-refractivity contribution in [3.05, 3.63) is 11.9 Å². The van der Waals surface area contributed by atoms with Gasteiger partial charge in [-0.2, -0.15) is 0 Å². The molecule has 0 radical (unpaired) electrons. The smallest absolute Gasteiger partial charge is 0.305 e. The molecule has 0 aromatic carbocycles. The first-order chi connectivity index (χ1) is 8.67. The van der Waals surface area contributed by atoms with E-state index >= 15 is 0 Å². The summed E-state index contributed by atoms with van der Waals surface area (Å²) in [5, 5.41) is 10.1. The van der Waals surface area contributed by atoms with E-state index in [2.05, 4.69) is 20.4 Å². The van der Waals surface area contributed by atoms with Crippen LogP contribution in [0.25, 0.3) is 0 Å². The third-order valence-electron chi connectivity index (χ3n) is 2.20. The third-order valence-corrected chi connectivity index (χ3v) is 2.20. The van der Waals surface area contributed by atoms with Crippen LogP contribution in [0.1, 0.15) is 23.3 Å². The van der Waals surface area contributed by atoms with E-state index in [0.29, 0.717) is 26.1 Å². The van der Waals surface area contributed by atoms with Gasteiger partial charge in [-0.3, -0.25) is 14.3 Å². The lowest BCUT2D eigenvalue weighted by Crippen LogP contribution is -2.25. The first-order valence-corrected chi connectivity index (χ1v) is 5.62. The Morgan fingerprint density at radius 2 is 2.33 bits per heavy atom. The van der Waals surface area contributed by atoms with Gasteiger partial charge >= 0.3 is 5.97 Å². The van der Waals surface area contributed by atoms with E-state index in [-0.39, 0.29) is 24.0 Å². The highest BCUT2D eigenvalue weighted by molar-refractivity contribution is 5.91. The predicted molar refractivity (Wildman–Crippen MR) is 62.7 cm³/mol. The van der Waals surface area contributed by atoms with Gasteiger partial charge in [0, 0.05) is 19.5 Å². The van der Waals surface area contributed by atoms with Crippen LogP contribution >= 0.6 is 0 Å². The van der Waals surface area contributed by atoms with E-state index in [1.807, 2.05) is 0 Å². The van der Waals surface area contributed by atoms with E-state index < -0.39 is 0 Å². The van der Waals surface area contributed by atoms with Gasteiger partial charge in [0.15, 0.2) is 5.69 Å². The maximum absolute atomic E-state index is 11.6. The fourth-order valence-electron chi connectivity index (χ4n) is 1.27. The van der Waals surface area contributed by atoms with Crippen molar-refractivity contribution in [3.63, 3.8) is 0 Å². The zero-order valence-corrected chi connectivity index (χ0v) is 10.3. The van der Waals surface area contributed by atoms with Crippen LogP contribution in [0, 0.1) is 0 Å². The first kappa shape index (κ1) is 14.1. The van der Waals surface area contributed by atoms with Crippen LogP contribution in [0.4, 0.5) is 0 Å². The number of ether oxygens (including phenoxy) is 1. The Kier molecular flexibility index (Phi) is 5.78. The summed E-state index contributed by atoms with van der Waals surface area (Å²) < 4.78 is 5.99. The highest BCUT2D eigenvalue weighted by Gasteiger charge is 2.10. The summed E-state index contributed by atoms with van der Waals surface area (Å²) in [6.45, 7) is 1.34. The molecule has 0 atom stereocenters. The molecular weight excluding hydrogens is 238 g/mol. The van der Waals surface area contributed by atoms with E-state index in [1.54, 1.807) is 0 Å². The molecule has 0 unspecified atom stereocenters. The van der Waals surface area contributed by atoms with Crippen LogP contribution < -0.4 is 11.1 Å². The molecule has 1 aromatic heterocycles. The fraction of sp³-hybridized carbons (Fsp3) is 0.600. The quantitative estimate of drug-likeness (QED) is 0.473. The fourth-order valence-corrected chi connectivity index (χ4v) is 1.27. The molecule has 0 aliphatic rings. The number of esters is 1. The third kappa shape index (κ3) is 4.50. The predicted octanol–water partition coefficient (Wildman–Crippen LogP) is -1.08. The molecular formula is C10H17N5O3. The van der Waals surface area contributed by atoms with Crippen molar-refractivity contribution in [2.75, 3.05) is 20.2 Å². The molecule has 1 rings (SSSR count). The lowest BCUT2D eigenvalue weighted by Gasteiger charge is -2.01. The van der Waals surface area contributed by atoms with Gasteiger partial charge in [0.05, 0.1) is 19.9 Å². The second-order valence-corrected chi connectivity index (χ2v) is 3.59. The van der Waals surface area contributed by atoms with Gasteiger partial charge in [-0.05, 0) is 6.42 Å². The summed E-state index contributed by atoms with van der Waals surface area (Å²) in [6.07, 6.45) is 2.33. The number of rotatable bonds is 7. The Balaban J connectivity index is 2.29. The SMILES string of the molecule is COC(=O)CCCNC(=O)c1cn(CCN)nn1. The molecule has 1 heterocycles. The number of hydrogen-bond donors (Lipinski definition) is 2. The van der Waals surface area contributed by atoms with Crippen molar-refractivity contribution < 1.29 is 14.3 Å². The van der Waals surface area contributed by atoms with E-state index in [1.165, 1.54) is 18.0 Å². The Labute approximate surface area is 104 Å². The summed E-state index contributed by atoms with van der Waals surface area (Å²) in [4.78, 5) is 22.4. The number of methoxy groups -OCH3 is 1. The van der Waals surface area contributed by atoms with Crippen molar-refractivity contribution >= 4 is 11.9 Å². The Morgan fingerprint density at radius 1 is 1.56 bits per heavy atom. The van der Waals surface area contributed by atoms with Gasteiger partial charge < -0.3 is 15.8 Å². The van der Waals surface area contributed by atoms with Gasteiger partial charge in [-0.1, -0.05) is 5.21 Å². The molecule has 8 heteroatoms. The molecule has 3 N–H and O–H groups in total. The van der Waals surface area contributed by atoms with Crippen molar-refractivity contribution in [2.24, 2.45) is 5.73 Å². The summed E-state index contributed by atoms with van der Waals surface area (Å²) in [7, 11) is 1.33. The van der Waals surface area contributed by atoms with Gasteiger partial charge in [0.2, 0.25) is 0 Å². The maximum Gasteiger partial charge on any atom is 0.305 e. The van der Waals surface area contributed by atoms with Crippen LogP contribution in [0.3, 0.4) is 0 Å². The summed E-state index contributed by atoms with van der Waals surface area (Å²) >= 11 is 0. The number of amides is 1. The average Bonchev–Trinajstić information content (AvgIpc) is 2.83. The highest BCUT2D eigenvalue weighted by atomic mass is 16.5. The molecule has 1 aromatic rings. The van der Waals surface area contributed by atoms with Gasteiger partial charge in [0.25, 0.3) is 5.91 Å². The largest absolute Gasteiger partial charge is 0.469 e. The Morgan fingerprint density at radius 3 is 3.00 bits per heavy atom. The van der Waals surface area contributed by atoms with Crippen molar-refractivity contribution in [1.82, 2.24) is 20.3 Å². The van der Waals surface area contributed by atoms with Crippen LogP contribution in [-0.4, -0.2) is 47.1 Å². The number of hydrogen-bond acceptors (Lipinski definition) is 6. The normalized spacial score (nSPS) is 10.1. The molecule has 18 heavy (non-hydrogen) atoms. The molecule has 8 nitrogen and oxygen atoms in total. The molecule has 100 valence electrons. The minimum absolute atomic E-state index is 0.238. The number of nitrogens with one attached hydrogen (secondary N) is 1. The number of nitrogens with two attached hydrogens (primary N) is 1. The summed E-state index contributed by atoms with van der Waals surface area (Å²) in [6, 6.07) is 0. The maximum atomic E-state index is 11.6. The van der Waals surface area contributed by atoms with Gasteiger partial charge in [0.1, 0.15) is 0 Å². The van der Waals surface area contributed by atoms with Gasteiger partial charge in [-0.25, -0.2) is 0 Å². The molecule has 0 saturated carbocycles. The number of carbonyl (C=O) groups excluding carboxylic acids is 2. The second-order valence-electron chi connectivity index (χ2n) is 3.59. The molecule has 0 fully saturated rings. The number of aromatic nitrogens is 3.